The topological polar surface area (TPSA) is 59.7 Å². The van der Waals surface area contributed by atoms with Gasteiger partial charge >= 0.3 is 0 Å². The zero-order valence-corrected chi connectivity index (χ0v) is 27.7. The third-order valence-electron chi connectivity index (χ3n) is 7.86. The maximum atomic E-state index is 13.8. The summed E-state index contributed by atoms with van der Waals surface area (Å²) in [6, 6.07) is 16.6. The highest BCUT2D eigenvalue weighted by molar-refractivity contribution is 7.89. The van der Waals surface area contributed by atoms with Gasteiger partial charge in [0.25, 0.3) is 0 Å². The molecule has 0 saturated carbocycles. The van der Waals surface area contributed by atoms with Gasteiger partial charge in [-0.2, -0.15) is 4.31 Å². The first kappa shape index (κ1) is 34.6. The molecule has 0 fully saturated rings. The van der Waals surface area contributed by atoms with Crippen LogP contribution in [0.15, 0.2) is 71.9 Å². The normalized spacial score (nSPS) is 11.7. The number of benzene rings is 2. The van der Waals surface area contributed by atoms with E-state index < -0.39 is 10.0 Å². The van der Waals surface area contributed by atoms with Crippen molar-refractivity contribution in [3.63, 3.8) is 0 Å². The minimum absolute atomic E-state index is 0.212. The average molecular weight is 610 g/mol. The fourth-order valence-electron chi connectivity index (χ4n) is 5.29. The summed E-state index contributed by atoms with van der Waals surface area (Å²) in [7, 11) is -0.181. The lowest BCUT2D eigenvalue weighted by Crippen LogP contribution is -2.32. The van der Waals surface area contributed by atoms with E-state index in [0.717, 1.165) is 23.1 Å². The van der Waals surface area contributed by atoms with Gasteiger partial charge in [0.2, 0.25) is 10.0 Å². The van der Waals surface area contributed by atoms with Crippen LogP contribution >= 0.6 is 0 Å². The van der Waals surface area contributed by atoms with Crippen LogP contribution in [-0.4, -0.2) is 26.4 Å². The van der Waals surface area contributed by atoms with Crippen molar-refractivity contribution in [1.82, 2.24) is 4.31 Å². The Morgan fingerprint density at radius 3 is 1.95 bits per heavy atom. The van der Waals surface area contributed by atoms with E-state index in [-0.39, 0.29) is 18.0 Å². The minimum Gasteiger partial charge on any atom is -0.493 e. The average Bonchev–Trinajstić information content (AvgIpc) is 3.00. The summed E-state index contributed by atoms with van der Waals surface area (Å²) in [6.45, 7) is 5.33. The first-order chi connectivity index (χ1) is 20.8. The zero-order valence-electron chi connectivity index (χ0n) is 26.9. The zero-order chi connectivity index (χ0) is 30.9. The Morgan fingerprint density at radius 2 is 1.35 bits per heavy atom. The summed E-state index contributed by atoms with van der Waals surface area (Å²) in [6.07, 6.45) is 19.6. The number of aryl methyl sites for hydroxylation is 2. The molecule has 0 N–H and O–H groups in total. The number of hydrogen-bond donors (Lipinski definition) is 0. The van der Waals surface area contributed by atoms with E-state index in [1.54, 1.807) is 19.2 Å². The Kier molecular flexibility index (Phi) is 15.0. The quantitative estimate of drug-likeness (QED) is 0.0901. The molecule has 0 aliphatic rings. The van der Waals surface area contributed by atoms with Gasteiger partial charge in [-0.05, 0) is 49.2 Å². The van der Waals surface area contributed by atoms with Gasteiger partial charge in [-0.25, -0.2) is 13.0 Å². The Hall–Kier alpha value is -2.90. The summed E-state index contributed by atoms with van der Waals surface area (Å²) in [4.78, 5) is 0.285. The number of rotatable bonds is 21. The minimum atomic E-state index is -3.74. The van der Waals surface area contributed by atoms with Gasteiger partial charge in [0.15, 0.2) is 23.9 Å². The summed E-state index contributed by atoms with van der Waals surface area (Å²) in [5.74, 6) is 1.31. The van der Waals surface area contributed by atoms with Crippen LogP contribution in [0, 0.1) is 6.92 Å². The second-order valence-electron chi connectivity index (χ2n) is 11.7. The number of hydrogen-bond acceptors (Lipinski definition) is 4. The molecule has 0 amide bonds. The van der Waals surface area contributed by atoms with Crippen LogP contribution in [0.5, 0.6) is 11.5 Å². The number of methoxy groups -OCH3 is 1. The Balaban J connectivity index is 1.54. The van der Waals surface area contributed by atoms with Crippen molar-refractivity contribution in [2.75, 3.05) is 13.7 Å². The van der Waals surface area contributed by atoms with Crippen molar-refractivity contribution in [2.24, 2.45) is 7.05 Å². The molecule has 1 heterocycles. The van der Waals surface area contributed by atoms with Crippen LogP contribution in [0.2, 0.25) is 0 Å². The predicted molar refractivity (Wildman–Crippen MR) is 175 cm³/mol. The molecule has 0 aliphatic heterocycles. The molecule has 0 bridgehead atoms. The Morgan fingerprint density at radius 1 is 0.744 bits per heavy atom. The molecule has 43 heavy (non-hydrogen) atoms. The standard InChI is InChI=1S/C36H53N2O4S/c1-5-6-7-8-9-10-11-12-13-14-15-16-26-42-35-24-21-32(27-36(35)41-4)29-38(30-33-18-17-25-37(3)28-33)43(39,40)34-22-19-31(2)20-23-34/h17-25,27-28H,5-16,26,29-30H2,1-4H3/q+1. The van der Waals surface area contributed by atoms with Crippen molar-refractivity contribution < 1.29 is 22.5 Å². The maximum Gasteiger partial charge on any atom is 0.243 e. The molecule has 3 rings (SSSR count). The first-order valence-electron chi connectivity index (χ1n) is 16.1. The molecule has 0 aliphatic carbocycles. The van der Waals surface area contributed by atoms with Crippen LogP contribution in [0.1, 0.15) is 101 Å². The summed E-state index contributed by atoms with van der Waals surface area (Å²) in [5, 5.41) is 0. The SMILES string of the molecule is CCCCCCCCCCCCCCOc1ccc(CN(Cc2ccc[n+](C)c2)S(=O)(=O)c2ccc(C)cc2)cc1OC. The molecule has 1 aromatic heterocycles. The second kappa shape index (κ2) is 18.7. The van der Waals surface area contributed by atoms with E-state index >= 15 is 0 Å². The van der Waals surface area contributed by atoms with Gasteiger partial charge in [0.1, 0.15) is 7.05 Å². The van der Waals surface area contributed by atoms with Gasteiger partial charge in [-0.15, -0.1) is 0 Å². The second-order valence-corrected chi connectivity index (χ2v) is 13.6. The Bertz CT molecular complexity index is 1330. The maximum absolute atomic E-state index is 13.8. The van der Waals surface area contributed by atoms with Crippen molar-refractivity contribution >= 4 is 10.0 Å². The molecular weight excluding hydrogens is 556 g/mol. The van der Waals surface area contributed by atoms with E-state index in [0.29, 0.717) is 18.1 Å². The van der Waals surface area contributed by atoms with E-state index in [1.165, 1.54) is 74.9 Å². The lowest BCUT2D eigenvalue weighted by Gasteiger charge is -2.23. The van der Waals surface area contributed by atoms with Crippen molar-refractivity contribution in [3.8, 4) is 11.5 Å². The highest BCUT2D eigenvalue weighted by atomic mass is 32.2. The van der Waals surface area contributed by atoms with Gasteiger partial charge in [-0.3, -0.25) is 0 Å². The van der Waals surface area contributed by atoms with Crippen molar-refractivity contribution in [3.05, 3.63) is 83.7 Å². The molecule has 0 saturated heterocycles. The molecule has 0 radical (unpaired) electrons. The molecule has 0 unspecified atom stereocenters. The van der Waals surface area contributed by atoms with Crippen molar-refractivity contribution in [1.29, 1.82) is 0 Å². The highest BCUT2D eigenvalue weighted by Gasteiger charge is 2.26. The van der Waals surface area contributed by atoms with E-state index in [4.69, 9.17) is 9.47 Å². The highest BCUT2D eigenvalue weighted by Crippen LogP contribution is 2.30. The molecule has 0 spiro atoms. The molecule has 236 valence electrons. The van der Waals surface area contributed by atoms with Crippen LogP contribution in [0.4, 0.5) is 0 Å². The largest absolute Gasteiger partial charge is 0.493 e. The smallest absolute Gasteiger partial charge is 0.243 e. The van der Waals surface area contributed by atoms with Crippen molar-refractivity contribution in [2.45, 2.75) is 109 Å². The van der Waals surface area contributed by atoms with E-state index in [2.05, 4.69) is 6.92 Å². The van der Waals surface area contributed by atoms with Gasteiger partial charge in [0, 0.05) is 24.7 Å². The summed E-state index contributed by atoms with van der Waals surface area (Å²) >= 11 is 0. The molecule has 0 atom stereocenters. The number of unbranched alkanes of at least 4 members (excludes halogenated alkanes) is 11. The van der Waals surface area contributed by atoms with Gasteiger partial charge < -0.3 is 9.47 Å². The van der Waals surface area contributed by atoms with Crippen LogP contribution in [-0.2, 0) is 30.2 Å². The first-order valence-corrected chi connectivity index (χ1v) is 17.6. The van der Waals surface area contributed by atoms with E-state index in [1.807, 2.05) is 73.4 Å². The molecular formula is C36H53N2O4S+. The number of aromatic nitrogens is 1. The predicted octanol–water partition coefficient (Wildman–Crippen LogP) is 8.30. The number of pyridine rings is 1. The number of ether oxygens (including phenoxy) is 2. The molecule has 6 nitrogen and oxygen atoms in total. The van der Waals surface area contributed by atoms with Gasteiger partial charge in [0.05, 0.1) is 18.6 Å². The lowest BCUT2D eigenvalue weighted by atomic mass is 10.1. The van der Waals surface area contributed by atoms with Crippen LogP contribution < -0.4 is 14.0 Å². The third-order valence-corrected chi connectivity index (χ3v) is 9.67. The number of sulfonamides is 1. The molecule has 3 aromatic rings. The third kappa shape index (κ3) is 12.0. The number of nitrogens with zero attached hydrogens (tertiary/aromatic N) is 2. The summed E-state index contributed by atoms with van der Waals surface area (Å²) < 4.78 is 42.7. The van der Waals surface area contributed by atoms with Gasteiger partial charge in [-0.1, -0.05) is 101 Å². The Labute approximate surface area is 261 Å². The molecule has 7 heteroatoms. The fraction of sp³-hybridized carbons (Fsp3) is 0.528. The summed E-state index contributed by atoms with van der Waals surface area (Å²) in [5.41, 5.74) is 2.77. The lowest BCUT2D eigenvalue weighted by molar-refractivity contribution is -0.672. The van der Waals surface area contributed by atoms with E-state index in [9.17, 15) is 8.42 Å². The monoisotopic (exact) mass is 609 g/mol. The molecule has 2 aromatic carbocycles. The van der Waals surface area contributed by atoms with Crippen LogP contribution in [0.3, 0.4) is 0 Å². The fourth-order valence-corrected chi connectivity index (χ4v) is 6.71. The van der Waals surface area contributed by atoms with Crippen LogP contribution in [0.25, 0.3) is 0 Å².